The highest BCUT2D eigenvalue weighted by atomic mass is 16.7. The van der Waals surface area contributed by atoms with Crippen LogP contribution in [0.1, 0.15) is 31.9 Å². The van der Waals surface area contributed by atoms with Crippen molar-refractivity contribution >= 4 is 11.9 Å². The number of hydrogen-bond acceptors (Lipinski definition) is 4. The number of carboxylic acids is 2. The summed E-state index contributed by atoms with van der Waals surface area (Å²) in [6, 6.07) is 7.42. The first kappa shape index (κ1) is 16.1. The maximum atomic E-state index is 11.2. The van der Waals surface area contributed by atoms with E-state index in [1.54, 1.807) is 30.3 Å². The maximum absolute atomic E-state index is 11.2. The van der Waals surface area contributed by atoms with E-state index in [2.05, 4.69) is 5.48 Å². The van der Waals surface area contributed by atoms with Crippen molar-refractivity contribution < 1.29 is 24.6 Å². The van der Waals surface area contributed by atoms with Crippen molar-refractivity contribution in [3.8, 4) is 0 Å². The Morgan fingerprint density at radius 2 is 1.75 bits per heavy atom. The highest BCUT2D eigenvalue weighted by Crippen LogP contribution is 2.17. The fourth-order valence-corrected chi connectivity index (χ4v) is 1.71. The Balaban J connectivity index is 2.72. The Labute approximate surface area is 117 Å². The lowest BCUT2D eigenvalue weighted by atomic mass is 10.0. The molecule has 1 unspecified atom stereocenters. The van der Waals surface area contributed by atoms with E-state index < -0.39 is 24.1 Å². The van der Waals surface area contributed by atoms with Crippen molar-refractivity contribution in [2.45, 2.75) is 32.4 Å². The third kappa shape index (κ3) is 4.99. The van der Waals surface area contributed by atoms with Gasteiger partial charge in [0.1, 0.15) is 6.04 Å². The molecule has 0 radical (unpaired) electrons. The predicted octanol–water partition coefficient (Wildman–Crippen LogP) is 1.83. The number of benzene rings is 1. The number of nitrogens with one attached hydrogen (secondary N) is 1. The number of aliphatic carboxylic acids is 2. The van der Waals surface area contributed by atoms with Crippen LogP contribution in [0.15, 0.2) is 30.3 Å². The van der Waals surface area contributed by atoms with Crippen LogP contribution in [-0.2, 0) is 14.4 Å². The summed E-state index contributed by atoms with van der Waals surface area (Å²) < 4.78 is 0. The minimum atomic E-state index is -1.25. The SMILES string of the molecule is CC(C)C[C@H](NOC(C(=O)O)c1ccccc1)C(=O)O. The van der Waals surface area contributed by atoms with E-state index in [1.807, 2.05) is 13.8 Å². The molecule has 1 rings (SSSR count). The molecule has 0 fully saturated rings. The summed E-state index contributed by atoms with van der Waals surface area (Å²) in [4.78, 5) is 27.3. The average Bonchev–Trinajstić information content (AvgIpc) is 2.37. The van der Waals surface area contributed by atoms with E-state index in [0.29, 0.717) is 12.0 Å². The van der Waals surface area contributed by atoms with Crippen LogP contribution >= 0.6 is 0 Å². The molecule has 0 saturated heterocycles. The first-order valence-electron chi connectivity index (χ1n) is 6.33. The van der Waals surface area contributed by atoms with E-state index in [-0.39, 0.29) is 5.92 Å². The topological polar surface area (TPSA) is 95.9 Å². The van der Waals surface area contributed by atoms with Gasteiger partial charge in [0, 0.05) is 0 Å². The van der Waals surface area contributed by atoms with Gasteiger partial charge in [-0.15, -0.1) is 0 Å². The van der Waals surface area contributed by atoms with Gasteiger partial charge in [0.15, 0.2) is 0 Å². The van der Waals surface area contributed by atoms with Gasteiger partial charge >= 0.3 is 11.9 Å². The third-order valence-electron chi connectivity index (χ3n) is 2.66. The zero-order valence-electron chi connectivity index (χ0n) is 11.4. The fourth-order valence-electron chi connectivity index (χ4n) is 1.71. The lowest BCUT2D eigenvalue weighted by Gasteiger charge is -2.19. The molecule has 0 heterocycles. The summed E-state index contributed by atoms with van der Waals surface area (Å²) >= 11 is 0. The minimum Gasteiger partial charge on any atom is -0.480 e. The molecule has 0 amide bonds. The average molecular weight is 281 g/mol. The molecule has 0 bridgehead atoms. The van der Waals surface area contributed by atoms with Gasteiger partial charge in [-0.3, -0.25) is 9.63 Å². The Hall–Kier alpha value is -1.92. The molecule has 20 heavy (non-hydrogen) atoms. The summed E-state index contributed by atoms with van der Waals surface area (Å²) in [6.45, 7) is 3.76. The van der Waals surface area contributed by atoms with Gasteiger partial charge in [-0.1, -0.05) is 44.2 Å². The van der Waals surface area contributed by atoms with Gasteiger partial charge in [-0.25, -0.2) is 4.79 Å². The highest BCUT2D eigenvalue weighted by Gasteiger charge is 2.25. The summed E-state index contributed by atoms with van der Waals surface area (Å²) in [5.74, 6) is -2.11. The number of hydrogen-bond donors (Lipinski definition) is 3. The molecule has 6 heteroatoms. The molecule has 0 saturated carbocycles. The zero-order chi connectivity index (χ0) is 15.1. The quantitative estimate of drug-likeness (QED) is 0.629. The minimum absolute atomic E-state index is 0.146. The zero-order valence-corrected chi connectivity index (χ0v) is 11.4. The van der Waals surface area contributed by atoms with Gasteiger partial charge in [-0.05, 0) is 17.9 Å². The molecule has 1 aromatic carbocycles. The molecule has 0 aromatic heterocycles. The molecule has 0 spiro atoms. The molecule has 110 valence electrons. The molecule has 0 aliphatic carbocycles. The molecule has 0 aliphatic heterocycles. The van der Waals surface area contributed by atoms with Crippen LogP contribution in [0.3, 0.4) is 0 Å². The molecule has 0 aliphatic rings. The van der Waals surface area contributed by atoms with Crippen molar-refractivity contribution in [3.05, 3.63) is 35.9 Å². The second-order valence-electron chi connectivity index (χ2n) is 4.89. The normalized spacial score (nSPS) is 13.9. The summed E-state index contributed by atoms with van der Waals surface area (Å²) in [5, 5.41) is 18.2. The summed E-state index contributed by atoms with van der Waals surface area (Å²) in [5.41, 5.74) is 2.80. The molecular formula is C14H19NO5. The van der Waals surface area contributed by atoms with Crippen molar-refractivity contribution in [1.29, 1.82) is 0 Å². The van der Waals surface area contributed by atoms with Crippen molar-refractivity contribution in [1.82, 2.24) is 5.48 Å². The standard InChI is InChI=1S/C14H19NO5/c1-9(2)8-11(13(16)17)15-20-12(14(18)19)10-6-4-3-5-7-10/h3-7,9,11-12,15H,8H2,1-2H3,(H,16,17)(H,18,19)/t11-,12?/m0/s1. The second kappa shape index (κ2) is 7.62. The van der Waals surface area contributed by atoms with Gasteiger partial charge in [0.25, 0.3) is 0 Å². The first-order chi connectivity index (χ1) is 9.41. The van der Waals surface area contributed by atoms with E-state index in [1.165, 1.54) is 0 Å². The van der Waals surface area contributed by atoms with Gasteiger partial charge < -0.3 is 10.2 Å². The Kier molecular flexibility index (Phi) is 6.14. The van der Waals surface area contributed by atoms with Crippen molar-refractivity contribution in [3.63, 3.8) is 0 Å². The first-order valence-corrected chi connectivity index (χ1v) is 6.33. The van der Waals surface area contributed by atoms with Gasteiger partial charge in [0.2, 0.25) is 6.10 Å². The van der Waals surface area contributed by atoms with Crippen LogP contribution in [0.5, 0.6) is 0 Å². The molecule has 6 nitrogen and oxygen atoms in total. The number of carbonyl (C=O) groups is 2. The lowest BCUT2D eigenvalue weighted by molar-refractivity contribution is -0.164. The molecule has 3 N–H and O–H groups in total. The van der Waals surface area contributed by atoms with Crippen LogP contribution in [0.2, 0.25) is 0 Å². The van der Waals surface area contributed by atoms with Gasteiger partial charge in [-0.2, -0.15) is 5.48 Å². The van der Waals surface area contributed by atoms with Crippen LogP contribution in [0, 0.1) is 5.92 Å². The fraction of sp³-hybridized carbons (Fsp3) is 0.429. The number of rotatable bonds is 8. The predicted molar refractivity (Wildman–Crippen MR) is 71.9 cm³/mol. The van der Waals surface area contributed by atoms with Crippen LogP contribution < -0.4 is 5.48 Å². The lowest BCUT2D eigenvalue weighted by Crippen LogP contribution is -2.39. The number of hydroxylamine groups is 1. The van der Waals surface area contributed by atoms with Crippen molar-refractivity contribution in [2.75, 3.05) is 0 Å². The Bertz CT molecular complexity index is 446. The summed E-state index contributed by atoms with van der Waals surface area (Å²) in [6.07, 6.45) is -0.901. The Morgan fingerprint density at radius 3 is 2.20 bits per heavy atom. The van der Waals surface area contributed by atoms with Crippen LogP contribution in [-0.4, -0.2) is 28.2 Å². The molecule has 1 aromatic rings. The number of carboxylic acid groups (broad SMARTS) is 2. The largest absolute Gasteiger partial charge is 0.480 e. The third-order valence-corrected chi connectivity index (χ3v) is 2.66. The van der Waals surface area contributed by atoms with Crippen LogP contribution in [0.4, 0.5) is 0 Å². The molecule has 2 atom stereocenters. The highest BCUT2D eigenvalue weighted by molar-refractivity contribution is 5.75. The van der Waals surface area contributed by atoms with E-state index in [4.69, 9.17) is 15.1 Å². The Morgan fingerprint density at radius 1 is 1.15 bits per heavy atom. The maximum Gasteiger partial charge on any atom is 0.339 e. The van der Waals surface area contributed by atoms with E-state index in [9.17, 15) is 9.59 Å². The molecular weight excluding hydrogens is 262 g/mol. The van der Waals surface area contributed by atoms with E-state index >= 15 is 0 Å². The smallest absolute Gasteiger partial charge is 0.339 e. The summed E-state index contributed by atoms with van der Waals surface area (Å²) in [7, 11) is 0. The van der Waals surface area contributed by atoms with Crippen LogP contribution in [0.25, 0.3) is 0 Å². The van der Waals surface area contributed by atoms with Crippen molar-refractivity contribution in [2.24, 2.45) is 5.92 Å². The monoisotopic (exact) mass is 281 g/mol. The van der Waals surface area contributed by atoms with Gasteiger partial charge in [0.05, 0.1) is 0 Å². The van der Waals surface area contributed by atoms with E-state index in [0.717, 1.165) is 0 Å². The second-order valence-corrected chi connectivity index (χ2v) is 4.89.